The second kappa shape index (κ2) is 5.86. The maximum absolute atomic E-state index is 13.3. The number of nitriles is 2. The Bertz CT molecular complexity index is 710. The third kappa shape index (κ3) is 2.76. The van der Waals surface area contributed by atoms with E-state index in [0.29, 0.717) is 23.2 Å². The molecule has 2 rings (SSSR count). The number of benzene rings is 2. The van der Waals surface area contributed by atoms with E-state index in [1.807, 2.05) is 30.1 Å². The summed E-state index contributed by atoms with van der Waals surface area (Å²) in [7, 11) is 1.81. The molecule has 20 heavy (non-hydrogen) atoms. The molecule has 2 aromatic rings. The van der Waals surface area contributed by atoms with E-state index in [2.05, 4.69) is 6.07 Å². The van der Waals surface area contributed by atoms with Crippen LogP contribution in [-0.2, 0) is 6.54 Å². The molecular formula is C16H12FN3. The van der Waals surface area contributed by atoms with E-state index in [4.69, 9.17) is 10.5 Å². The quantitative estimate of drug-likeness (QED) is 0.856. The summed E-state index contributed by atoms with van der Waals surface area (Å²) in [6.07, 6.45) is 0. The molecule has 0 amide bonds. The van der Waals surface area contributed by atoms with Crippen molar-refractivity contribution >= 4 is 5.69 Å². The SMILES string of the molecule is CN(Cc1cc(F)ccc1C#N)c1ccccc1C#N. The number of hydrogen-bond acceptors (Lipinski definition) is 3. The van der Waals surface area contributed by atoms with Crippen LogP contribution in [-0.4, -0.2) is 7.05 Å². The van der Waals surface area contributed by atoms with Gasteiger partial charge in [-0.25, -0.2) is 4.39 Å². The van der Waals surface area contributed by atoms with Crippen molar-refractivity contribution in [2.24, 2.45) is 0 Å². The monoisotopic (exact) mass is 265 g/mol. The van der Waals surface area contributed by atoms with Crippen LogP contribution in [0.1, 0.15) is 16.7 Å². The van der Waals surface area contributed by atoms with Crippen molar-refractivity contribution in [3.8, 4) is 12.1 Å². The molecule has 3 nitrogen and oxygen atoms in total. The Hall–Kier alpha value is -2.85. The molecular weight excluding hydrogens is 253 g/mol. The Balaban J connectivity index is 2.33. The number of para-hydroxylation sites is 1. The van der Waals surface area contributed by atoms with Gasteiger partial charge >= 0.3 is 0 Å². The van der Waals surface area contributed by atoms with E-state index in [9.17, 15) is 4.39 Å². The van der Waals surface area contributed by atoms with Crippen LogP contribution in [0.15, 0.2) is 42.5 Å². The summed E-state index contributed by atoms with van der Waals surface area (Å²) in [5.74, 6) is -0.374. The van der Waals surface area contributed by atoms with Gasteiger partial charge in [0, 0.05) is 13.6 Å². The van der Waals surface area contributed by atoms with Crippen molar-refractivity contribution in [1.29, 1.82) is 10.5 Å². The zero-order valence-electron chi connectivity index (χ0n) is 11.0. The molecule has 4 heteroatoms. The van der Waals surface area contributed by atoms with E-state index < -0.39 is 0 Å². The third-order valence-electron chi connectivity index (χ3n) is 3.03. The fraction of sp³-hybridized carbons (Fsp3) is 0.125. The van der Waals surface area contributed by atoms with Crippen LogP contribution in [0.4, 0.5) is 10.1 Å². The Kier molecular flexibility index (Phi) is 3.98. The maximum Gasteiger partial charge on any atom is 0.123 e. The molecule has 2 aromatic carbocycles. The van der Waals surface area contributed by atoms with Gasteiger partial charge in [-0.15, -0.1) is 0 Å². The minimum atomic E-state index is -0.374. The van der Waals surface area contributed by atoms with Gasteiger partial charge in [-0.2, -0.15) is 10.5 Å². The van der Waals surface area contributed by atoms with E-state index in [-0.39, 0.29) is 5.82 Å². The van der Waals surface area contributed by atoms with Gasteiger partial charge in [0.05, 0.1) is 22.9 Å². The zero-order chi connectivity index (χ0) is 14.5. The lowest BCUT2D eigenvalue weighted by Gasteiger charge is -2.21. The summed E-state index contributed by atoms with van der Waals surface area (Å²) in [5, 5.41) is 18.1. The minimum absolute atomic E-state index is 0.360. The second-order valence-electron chi connectivity index (χ2n) is 4.40. The maximum atomic E-state index is 13.3. The topological polar surface area (TPSA) is 50.8 Å². The normalized spacial score (nSPS) is 9.60. The number of hydrogen-bond donors (Lipinski definition) is 0. The largest absolute Gasteiger partial charge is 0.369 e. The van der Waals surface area contributed by atoms with Crippen molar-refractivity contribution in [3.63, 3.8) is 0 Å². The van der Waals surface area contributed by atoms with Crippen LogP contribution in [0.25, 0.3) is 0 Å². The molecule has 0 atom stereocenters. The Morgan fingerprint density at radius 3 is 2.45 bits per heavy atom. The van der Waals surface area contributed by atoms with Gasteiger partial charge in [0.2, 0.25) is 0 Å². The Labute approximate surface area is 117 Å². The van der Waals surface area contributed by atoms with E-state index in [0.717, 1.165) is 5.69 Å². The van der Waals surface area contributed by atoms with Crippen LogP contribution in [0.3, 0.4) is 0 Å². The molecule has 0 saturated heterocycles. The first kappa shape index (κ1) is 13.6. The predicted octanol–water partition coefficient (Wildman–Crippen LogP) is 3.21. The summed E-state index contributed by atoms with van der Waals surface area (Å²) in [5.41, 5.74) is 2.34. The van der Waals surface area contributed by atoms with Crippen molar-refractivity contribution in [2.45, 2.75) is 6.54 Å². The number of anilines is 1. The highest BCUT2D eigenvalue weighted by atomic mass is 19.1. The van der Waals surface area contributed by atoms with Gasteiger partial charge < -0.3 is 4.90 Å². The number of nitrogens with zero attached hydrogens (tertiary/aromatic N) is 3. The van der Waals surface area contributed by atoms with Gasteiger partial charge in [0.25, 0.3) is 0 Å². The first-order chi connectivity index (χ1) is 9.65. The lowest BCUT2D eigenvalue weighted by atomic mass is 10.1. The summed E-state index contributed by atoms with van der Waals surface area (Å²) >= 11 is 0. The smallest absolute Gasteiger partial charge is 0.123 e. The van der Waals surface area contributed by atoms with Gasteiger partial charge in [-0.05, 0) is 35.9 Å². The average Bonchev–Trinajstić information content (AvgIpc) is 2.47. The van der Waals surface area contributed by atoms with Gasteiger partial charge in [-0.3, -0.25) is 0 Å². The van der Waals surface area contributed by atoms with Crippen molar-refractivity contribution < 1.29 is 4.39 Å². The minimum Gasteiger partial charge on any atom is -0.369 e. The van der Waals surface area contributed by atoms with Crippen LogP contribution in [0.5, 0.6) is 0 Å². The molecule has 0 radical (unpaired) electrons. The Morgan fingerprint density at radius 2 is 1.75 bits per heavy atom. The standard InChI is InChI=1S/C16H12FN3/c1-20(16-5-3-2-4-13(16)10-19)11-14-8-15(17)7-6-12(14)9-18/h2-8H,11H2,1H3. The van der Waals surface area contributed by atoms with Gasteiger partial charge in [0.15, 0.2) is 0 Å². The highest BCUT2D eigenvalue weighted by Crippen LogP contribution is 2.21. The van der Waals surface area contributed by atoms with Crippen molar-refractivity contribution in [2.75, 3.05) is 11.9 Å². The molecule has 0 heterocycles. The molecule has 0 aromatic heterocycles. The van der Waals surface area contributed by atoms with Crippen LogP contribution < -0.4 is 4.90 Å². The number of halogens is 1. The molecule has 0 aliphatic rings. The van der Waals surface area contributed by atoms with E-state index in [1.54, 1.807) is 12.1 Å². The molecule has 0 aliphatic heterocycles. The molecule has 0 N–H and O–H groups in total. The fourth-order valence-electron chi connectivity index (χ4n) is 2.04. The fourth-order valence-corrected chi connectivity index (χ4v) is 2.04. The molecule has 0 fully saturated rings. The third-order valence-corrected chi connectivity index (χ3v) is 3.03. The molecule has 0 unspecified atom stereocenters. The lowest BCUT2D eigenvalue weighted by molar-refractivity contribution is 0.625. The first-order valence-corrected chi connectivity index (χ1v) is 6.04. The van der Waals surface area contributed by atoms with Crippen molar-refractivity contribution in [1.82, 2.24) is 0 Å². The van der Waals surface area contributed by atoms with Crippen LogP contribution in [0.2, 0.25) is 0 Å². The van der Waals surface area contributed by atoms with Crippen LogP contribution >= 0.6 is 0 Å². The molecule has 98 valence electrons. The zero-order valence-corrected chi connectivity index (χ0v) is 11.0. The predicted molar refractivity (Wildman–Crippen MR) is 74.4 cm³/mol. The Morgan fingerprint density at radius 1 is 1.05 bits per heavy atom. The average molecular weight is 265 g/mol. The van der Waals surface area contributed by atoms with Gasteiger partial charge in [0.1, 0.15) is 11.9 Å². The van der Waals surface area contributed by atoms with Gasteiger partial charge in [-0.1, -0.05) is 12.1 Å². The molecule has 0 bridgehead atoms. The molecule has 0 saturated carbocycles. The molecule has 0 spiro atoms. The number of rotatable bonds is 3. The van der Waals surface area contributed by atoms with Crippen LogP contribution in [0, 0.1) is 28.5 Å². The second-order valence-corrected chi connectivity index (χ2v) is 4.40. The lowest BCUT2D eigenvalue weighted by Crippen LogP contribution is -2.18. The van der Waals surface area contributed by atoms with E-state index >= 15 is 0 Å². The highest BCUT2D eigenvalue weighted by Gasteiger charge is 2.10. The molecule has 0 aliphatic carbocycles. The summed E-state index contributed by atoms with van der Waals surface area (Å²) in [6.45, 7) is 0.360. The summed E-state index contributed by atoms with van der Waals surface area (Å²) in [4.78, 5) is 1.83. The van der Waals surface area contributed by atoms with E-state index in [1.165, 1.54) is 18.2 Å². The first-order valence-electron chi connectivity index (χ1n) is 6.04. The van der Waals surface area contributed by atoms with Crippen molar-refractivity contribution in [3.05, 3.63) is 65.0 Å². The summed E-state index contributed by atoms with van der Waals surface area (Å²) in [6, 6.07) is 15.4. The highest BCUT2D eigenvalue weighted by molar-refractivity contribution is 5.59. The summed E-state index contributed by atoms with van der Waals surface area (Å²) < 4.78 is 13.3.